The molecular weight excluding hydrogens is 300 g/mol. The fourth-order valence-electron chi connectivity index (χ4n) is 1.96. The van der Waals surface area contributed by atoms with E-state index in [9.17, 15) is 9.59 Å². The van der Waals surface area contributed by atoms with Crippen LogP contribution in [0.1, 0.15) is 64.7 Å². The van der Waals surface area contributed by atoms with Crippen molar-refractivity contribution in [3.05, 3.63) is 0 Å². The molecule has 0 saturated heterocycles. The number of hydrogen-bond acceptors (Lipinski definition) is 5. The van der Waals surface area contributed by atoms with Crippen LogP contribution >= 0.6 is 0 Å². The van der Waals surface area contributed by atoms with Gasteiger partial charge < -0.3 is 19.3 Å². The molecule has 0 radical (unpaired) electrons. The van der Waals surface area contributed by atoms with Gasteiger partial charge in [-0.05, 0) is 19.3 Å². The second-order valence-corrected chi connectivity index (χ2v) is 5.46. The fraction of sp³-hybridized carbons (Fsp3) is 0.882. The molecule has 0 spiro atoms. The number of carbonyl (C=O) groups excluding carboxylic acids is 1. The average molecular weight is 332 g/mol. The molecule has 0 fully saturated rings. The molecule has 0 aliphatic heterocycles. The quantitative estimate of drug-likeness (QED) is 0.325. The number of rotatable bonds is 17. The number of carboxylic acid groups (broad SMARTS) is 1. The van der Waals surface area contributed by atoms with Crippen molar-refractivity contribution in [2.24, 2.45) is 0 Å². The van der Waals surface area contributed by atoms with Crippen molar-refractivity contribution in [1.29, 1.82) is 0 Å². The van der Waals surface area contributed by atoms with Crippen molar-refractivity contribution in [2.75, 3.05) is 33.0 Å². The lowest BCUT2D eigenvalue weighted by atomic mass is 10.2. The molecule has 0 aromatic carbocycles. The van der Waals surface area contributed by atoms with E-state index >= 15 is 0 Å². The van der Waals surface area contributed by atoms with Gasteiger partial charge in [-0.2, -0.15) is 0 Å². The Hall–Kier alpha value is -1.14. The normalized spacial score (nSPS) is 10.7. The van der Waals surface area contributed by atoms with Crippen molar-refractivity contribution in [1.82, 2.24) is 0 Å². The molecule has 6 nitrogen and oxygen atoms in total. The van der Waals surface area contributed by atoms with Crippen LogP contribution in [-0.4, -0.2) is 50.1 Å². The van der Waals surface area contributed by atoms with E-state index in [0.717, 1.165) is 13.0 Å². The largest absolute Gasteiger partial charge is 0.481 e. The molecule has 0 rings (SSSR count). The van der Waals surface area contributed by atoms with Crippen LogP contribution in [0.2, 0.25) is 0 Å². The number of esters is 1. The maximum absolute atomic E-state index is 11.3. The molecule has 0 saturated carbocycles. The molecule has 23 heavy (non-hydrogen) atoms. The highest BCUT2D eigenvalue weighted by Gasteiger charge is 2.04. The SMILES string of the molecule is CCCCCCCOCCOCCOC(=O)CCCCC(=O)O. The van der Waals surface area contributed by atoms with E-state index in [0.29, 0.717) is 32.7 Å². The lowest BCUT2D eigenvalue weighted by molar-refractivity contribution is -0.146. The van der Waals surface area contributed by atoms with E-state index in [1.807, 2.05) is 0 Å². The van der Waals surface area contributed by atoms with Gasteiger partial charge in [0.2, 0.25) is 0 Å². The smallest absolute Gasteiger partial charge is 0.305 e. The monoisotopic (exact) mass is 332 g/mol. The number of carbonyl (C=O) groups is 2. The molecule has 0 atom stereocenters. The Morgan fingerprint density at radius 3 is 2.04 bits per heavy atom. The highest BCUT2D eigenvalue weighted by molar-refractivity contribution is 5.69. The second kappa shape index (κ2) is 17.2. The zero-order chi connectivity index (χ0) is 17.2. The summed E-state index contributed by atoms with van der Waals surface area (Å²) in [5.74, 6) is -1.14. The minimum Gasteiger partial charge on any atom is -0.481 e. The average Bonchev–Trinajstić information content (AvgIpc) is 2.52. The van der Waals surface area contributed by atoms with E-state index in [4.69, 9.17) is 19.3 Å². The van der Waals surface area contributed by atoms with Crippen LogP contribution in [0.25, 0.3) is 0 Å². The van der Waals surface area contributed by atoms with Gasteiger partial charge in [-0.15, -0.1) is 0 Å². The molecule has 0 aliphatic rings. The summed E-state index contributed by atoms with van der Waals surface area (Å²) >= 11 is 0. The first-order chi connectivity index (χ1) is 11.2. The minimum absolute atomic E-state index is 0.0923. The Bertz CT molecular complexity index is 293. The first-order valence-electron chi connectivity index (χ1n) is 8.69. The van der Waals surface area contributed by atoms with Crippen molar-refractivity contribution in [3.63, 3.8) is 0 Å². The molecule has 0 amide bonds. The Balaban J connectivity index is 3.14. The molecule has 0 bridgehead atoms. The summed E-state index contributed by atoms with van der Waals surface area (Å²) in [4.78, 5) is 21.6. The van der Waals surface area contributed by atoms with Crippen molar-refractivity contribution < 1.29 is 28.9 Å². The Labute approximate surface area is 139 Å². The maximum Gasteiger partial charge on any atom is 0.305 e. The van der Waals surface area contributed by atoms with Gasteiger partial charge in [0.1, 0.15) is 6.61 Å². The summed E-state index contributed by atoms with van der Waals surface area (Å²) in [6.45, 7) is 4.64. The van der Waals surface area contributed by atoms with Gasteiger partial charge in [0, 0.05) is 19.4 Å². The maximum atomic E-state index is 11.3. The fourth-order valence-corrected chi connectivity index (χ4v) is 1.96. The van der Waals surface area contributed by atoms with Crippen LogP contribution in [0.5, 0.6) is 0 Å². The van der Waals surface area contributed by atoms with E-state index in [2.05, 4.69) is 6.92 Å². The number of ether oxygens (including phenoxy) is 3. The molecule has 1 N–H and O–H groups in total. The van der Waals surface area contributed by atoms with Gasteiger partial charge in [-0.1, -0.05) is 32.6 Å². The highest BCUT2D eigenvalue weighted by atomic mass is 16.6. The van der Waals surface area contributed by atoms with Crippen LogP contribution in [0.3, 0.4) is 0 Å². The topological polar surface area (TPSA) is 82.1 Å². The third kappa shape index (κ3) is 18.8. The summed E-state index contributed by atoms with van der Waals surface area (Å²) in [7, 11) is 0. The highest BCUT2D eigenvalue weighted by Crippen LogP contribution is 2.02. The number of unbranched alkanes of at least 4 members (excludes halogenated alkanes) is 5. The molecule has 6 heteroatoms. The standard InChI is InChI=1S/C17H32O6/c1-2-3-4-5-8-11-21-12-13-22-14-15-23-17(20)10-7-6-9-16(18)19/h2-15H2,1H3,(H,18,19). The zero-order valence-electron chi connectivity index (χ0n) is 14.4. The number of aliphatic carboxylic acids is 1. The third-order valence-electron chi connectivity index (χ3n) is 3.28. The van der Waals surface area contributed by atoms with Crippen molar-refractivity contribution in [2.45, 2.75) is 64.7 Å². The van der Waals surface area contributed by atoms with Gasteiger partial charge in [0.25, 0.3) is 0 Å². The molecule has 0 aromatic heterocycles. The molecule has 136 valence electrons. The molecule has 0 aromatic rings. The predicted octanol–water partition coefficient (Wildman–Crippen LogP) is 3.18. The summed E-state index contributed by atoms with van der Waals surface area (Å²) < 4.78 is 15.7. The van der Waals surface area contributed by atoms with E-state index in [1.165, 1.54) is 25.7 Å². The van der Waals surface area contributed by atoms with E-state index in [-0.39, 0.29) is 25.4 Å². The lowest BCUT2D eigenvalue weighted by Crippen LogP contribution is -2.13. The second-order valence-electron chi connectivity index (χ2n) is 5.46. The van der Waals surface area contributed by atoms with E-state index < -0.39 is 5.97 Å². The van der Waals surface area contributed by atoms with Crippen LogP contribution in [0, 0.1) is 0 Å². The molecule has 0 aliphatic carbocycles. The number of carboxylic acids is 1. The van der Waals surface area contributed by atoms with Gasteiger partial charge >= 0.3 is 11.9 Å². The first-order valence-corrected chi connectivity index (χ1v) is 8.69. The van der Waals surface area contributed by atoms with Crippen molar-refractivity contribution in [3.8, 4) is 0 Å². The third-order valence-corrected chi connectivity index (χ3v) is 3.28. The Kier molecular flexibility index (Phi) is 16.4. The van der Waals surface area contributed by atoms with Crippen LogP contribution in [0.4, 0.5) is 0 Å². The van der Waals surface area contributed by atoms with Crippen molar-refractivity contribution >= 4 is 11.9 Å². The van der Waals surface area contributed by atoms with Gasteiger partial charge in [-0.3, -0.25) is 9.59 Å². The molecule has 0 unspecified atom stereocenters. The first kappa shape index (κ1) is 21.9. The minimum atomic E-state index is -0.838. The van der Waals surface area contributed by atoms with Gasteiger partial charge in [0.15, 0.2) is 0 Å². The van der Waals surface area contributed by atoms with E-state index in [1.54, 1.807) is 0 Å². The summed E-state index contributed by atoms with van der Waals surface area (Å²) in [5.41, 5.74) is 0. The van der Waals surface area contributed by atoms with Gasteiger partial charge in [-0.25, -0.2) is 0 Å². The van der Waals surface area contributed by atoms with Crippen LogP contribution in [0.15, 0.2) is 0 Å². The van der Waals surface area contributed by atoms with Crippen LogP contribution < -0.4 is 0 Å². The summed E-state index contributed by atoms with van der Waals surface area (Å²) in [6, 6.07) is 0. The summed E-state index contributed by atoms with van der Waals surface area (Å²) in [6.07, 6.45) is 7.52. The number of hydrogen-bond donors (Lipinski definition) is 1. The lowest BCUT2D eigenvalue weighted by Gasteiger charge is -2.07. The van der Waals surface area contributed by atoms with Crippen LogP contribution in [-0.2, 0) is 23.8 Å². The molecular formula is C17H32O6. The molecule has 0 heterocycles. The zero-order valence-corrected chi connectivity index (χ0v) is 14.4. The predicted molar refractivity (Wildman–Crippen MR) is 87.5 cm³/mol. The Morgan fingerprint density at radius 1 is 0.739 bits per heavy atom. The van der Waals surface area contributed by atoms with Gasteiger partial charge in [0.05, 0.1) is 19.8 Å². The summed E-state index contributed by atoms with van der Waals surface area (Å²) in [5, 5.41) is 8.46. The Morgan fingerprint density at radius 2 is 1.35 bits per heavy atom.